The summed E-state index contributed by atoms with van der Waals surface area (Å²) in [6.45, 7) is 17.3. The number of benzene rings is 1. The molecule has 0 spiro atoms. The van der Waals surface area contributed by atoms with Crippen molar-refractivity contribution in [3.8, 4) is 5.75 Å². The molecule has 0 unspecified atom stereocenters. The van der Waals surface area contributed by atoms with Gasteiger partial charge in [-0.2, -0.15) is 0 Å². The molecule has 9 N–H and O–H groups in total. The van der Waals surface area contributed by atoms with Gasteiger partial charge in [-0.15, -0.1) is 0 Å². The van der Waals surface area contributed by atoms with Crippen LogP contribution in [0.1, 0.15) is 119 Å². The first kappa shape index (κ1) is 51.3. The number of rotatable bonds is 12. The maximum atomic E-state index is 15.2. The lowest BCUT2D eigenvalue weighted by molar-refractivity contribution is -0.371. The third-order valence-electron chi connectivity index (χ3n) is 19.7. The molecule has 0 amide bonds. The van der Waals surface area contributed by atoms with E-state index in [4.69, 9.17) is 18.9 Å². The maximum Gasteiger partial charge on any atom is 0.335 e. The van der Waals surface area contributed by atoms with E-state index in [-0.39, 0.29) is 57.4 Å². The van der Waals surface area contributed by atoms with Crippen LogP contribution in [0.15, 0.2) is 35.9 Å². The smallest absolute Gasteiger partial charge is 0.335 e. The van der Waals surface area contributed by atoms with Crippen molar-refractivity contribution in [3.63, 3.8) is 0 Å². The SMILES string of the molecule is C[C@@H]1[C@@H](O)[C@H](O[C@H]2[C@@H](O[C@H]3CC[C@]4(C)[C@H]5C(=O)C=C6[C@@H]7C[C@@](C)(CN[C@@H](Cc8ccc(O)cc8)C(=O)O)CC[C@]7(C)CC[C@@]6(C)[C@]5(C)CC[C@H]4C3(C)C)O[C@H](C(=O)O)[C@@H](O)[C@@H]2O)O[C@H](CO)[C@H]1O. The second kappa shape index (κ2) is 18.2. The van der Waals surface area contributed by atoms with Crippen molar-refractivity contribution in [2.75, 3.05) is 13.2 Å². The van der Waals surface area contributed by atoms with Crippen molar-refractivity contribution in [2.24, 2.45) is 56.2 Å². The number of fused-ring (bicyclic) bond motifs is 7. The van der Waals surface area contributed by atoms with Gasteiger partial charge in [-0.05, 0) is 132 Å². The molecule has 8 rings (SSSR count). The number of carbonyl (C=O) groups is 3. The second-order valence-electron chi connectivity index (χ2n) is 24.0. The number of carboxylic acids is 2. The van der Waals surface area contributed by atoms with Gasteiger partial charge in [0.1, 0.15) is 42.3 Å². The Labute approximate surface area is 399 Å². The van der Waals surface area contributed by atoms with Gasteiger partial charge in [-0.25, -0.2) is 4.79 Å². The molecule has 7 aliphatic rings. The number of ether oxygens (including phenoxy) is 4. The molecule has 1 aromatic rings. The van der Waals surface area contributed by atoms with Crippen molar-refractivity contribution < 1.29 is 74.2 Å². The summed E-state index contributed by atoms with van der Waals surface area (Å²) in [5.41, 5.74) is 0.144. The average molecular weight is 956 g/mol. The van der Waals surface area contributed by atoms with E-state index < -0.39 is 103 Å². The molecule has 2 aliphatic heterocycles. The minimum absolute atomic E-state index is 0.00165. The van der Waals surface area contributed by atoms with Gasteiger partial charge < -0.3 is 65.1 Å². The highest BCUT2D eigenvalue weighted by Gasteiger charge is 2.70. The van der Waals surface area contributed by atoms with Gasteiger partial charge in [0.25, 0.3) is 0 Å². The molecule has 68 heavy (non-hydrogen) atoms. The molecular formula is C52H77NO15. The van der Waals surface area contributed by atoms with Gasteiger partial charge in [0, 0.05) is 18.4 Å². The first-order valence-corrected chi connectivity index (χ1v) is 24.9. The van der Waals surface area contributed by atoms with Crippen molar-refractivity contribution in [2.45, 2.75) is 187 Å². The zero-order valence-electron chi connectivity index (χ0n) is 41.0. The van der Waals surface area contributed by atoms with Crippen LogP contribution >= 0.6 is 0 Å². The molecule has 0 aromatic heterocycles. The third kappa shape index (κ3) is 8.47. The van der Waals surface area contributed by atoms with E-state index in [1.54, 1.807) is 31.2 Å². The number of aromatic hydroxyl groups is 1. The highest BCUT2D eigenvalue weighted by Crippen LogP contribution is 2.75. The number of carboxylic acid groups (broad SMARTS) is 2. The van der Waals surface area contributed by atoms with Gasteiger partial charge >= 0.3 is 11.9 Å². The van der Waals surface area contributed by atoms with Crippen molar-refractivity contribution in [1.82, 2.24) is 5.32 Å². The predicted octanol–water partition coefficient (Wildman–Crippen LogP) is 4.34. The molecule has 4 saturated carbocycles. The summed E-state index contributed by atoms with van der Waals surface area (Å²) in [6, 6.07) is 5.84. The van der Waals surface area contributed by atoms with E-state index in [1.807, 2.05) is 6.08 Å². The Morgan fingerprint density at radius 3 is 2.15 bits per heavy atom. The summed E-state index contributed by atoms with van der Waals surface area (Å²) in [5, 5.41) is 87.2. The number of phenolic OH excluding ortho intramolecular Hbond substituents is 1. The topological polar surface area (TPSA) is 262 Å². The number of hydrogen-bond donors (Lipinski definition) is 9. The van der Waals surface area contributed by atoms with E-state index in [0.29, 0.717) is 19.4 Å². The second-order valence-corrected chi connectivity index (χ2v) is 24.0. The van der Waals surface area contributed by atoms with Crippen LogP contribution in [0.2, 0.25) is 0 Å². The highest BCUT2D eigenvalue weighted by molar-refractivity contribution is 5.95. The Hall–Kier alpha value is -3.03. The quantitative estimate of drug-likeness (QED) is 0.132. The van der Waals surface area contributed by atoms with E-state index >= 15 is 4.79 Å². The maximum absolute atomic E-state index is 15.2. The normalized spacial score (nSPS) is 47.1. The van der Waals surface area contributed by atoms with Crippen molar-refractivity contribution >= 4 is 17.7 Å². The number of nitrogens with one attached hydrogen (secondary N) is 1. The third-order valence-corrected chi connectivity index (χ3v) is 19.7. The fourth-order valence-corrected chi connectivity index (χ4v) is 15.1. The number of aliphatic hydroxyl groups excluding tert-OH is 5. The lowest BCUT2D eigenvalue weighted by Gasteiger charge is -2.70. The van der Waals surface area contributed by atoms with Gasteiger partial charge in [0.05, 0.1) is 18.8 Å². The van der Waals surface area contributed by atoms with E-state index in [1.165, 1.54) is 5.57 Å². The van der Waals surface area contributed by atoms with Crippen LogP contribution in [-0.4, -0.2) is 139 Å². The molecular weight excluding hydrogens is 879 g/mol. The average Bonchev–Trinajstić information content (AvgIpc) is 3.27. The Balaban J connectivity index is 1.03. The minimum atomic E-state index is -1.92. The number of aliphatic carboxylic acids is 2. The van der Waals surface area contributed by atoms with Crippen LogP contribution < -0.4 is 5.32 Å². The van der Waals surface area contributed by atoms with Crippen LogP contribution in [0.25, 0.3) is 0 Å². The first-order valence-electron chi connectivity index (χ1n) is 24.9. The molecule has 0 radical (unpaired) electrons. The Morgan fingerprint density at radius 1 is 0.824 bits per heavy atom. The molecule has 2 heterocycles. The summed E-state index contributed by atoms with van der Waals surface area (Å²) >= 11 is 0. The molecule has 1 aromatic carbocycles. The number of carbonyl (C=O) groups excluding carboxylic acids is 1. The van der Waals surface area contributed by atoms with E-state index in [0.717, 1.165) is 50.5 Å². The monoisotopic (exact) mass is 956 g/mol. The molecule has 16 heteroatoms. The highest BCUT2D eigenvalue weighted by atomic mass is 16.8. The summed E-state index contributed by atoms with van der Waals surface area (Å²) < 4.78 is 24.4. The zero-order chi connectivity index (χ0) is 49.7. The summed E-state index contributed by atoms with van der Waals surface area (Å²) in [5.74, 6) is -3.15. The van der Waals surface area contributed by atoms with Gasteiger partial charge in [0.2, 0.25) is 0 Å². The predicted molar refractivity (Wildman–Crippen MR) is 246 cm³/mol. The van der Waals surface area contributed by atoms with Crippen LogP contribution in [-0.2, 0) is 39.8 Å². The first-order chi connectivity index (χ1) is 31.7. The molecule has 20 atom stereocenters. The molecule has 16 nitrogen and oxygen atoms in total. The van der Waals surface area contributed by atoms with E-state index in [9.17, 15) is 50.4 Å². The Bertz CT molecular complexity index is 2100. The fraction of sp³-hybridized carbons (Fsp3) is 0.788. The Morgan fingerprint density at radius 2 is 1.50 bits per heavy atom. The van der Waals surface area contributed by atoms with Crippen LogP contribution in [0.4, 0.5) is 0 Å². The van der Waals surface area contributed by atoms with Gasteiger partial charge in [0.15, 0.2) is 24.5 Å². The van der Waals surface area contributed by atoms with Crippen molar-refractivity contribution in [1.29, 1.82) is 0 Å². The zero-order valence-corrected chi connectivity index (χ0v) is 41.0. The van der Waals surface area contributed by atoms with Gasteiger partial charge in [-0.3, -0.25) is 9.59 Å². The largest absolute Gasteiger partial charge is 0.508 e. The number of aliphatic hydroxyl groups is 5. The number of allylic oxidation sites excluding steroid dienone is 2. The van der Waals surface area contributed by atoms with Gasteiger partial charge in [-0.1, -0.05) is 73.1 Å². The summed E-state index contributed by atoms with van der Waals surface area (Å²) in [4.78, 5) is 40.0. The summed E-state index contributed by atoms with van der Waals surface area (Å²) in [6.07, 6.45) is -4.84. The number of ketones is 1. The number of phenols is 1. The van der Waals surface area contributed by atoms with E-state index in [2.05, 4.69) is 53.8 Å². The molecule has 5 aliphatic carbocycles. The Kier molecular flexibility index (Phi) is 13.8. The minimum Gasteiger partial charge on any atom is -0.508 e. The lowest BCUT2D eigenvalue weighted by atomic mass is 9.33. The molecule has 0 bridgehead atoms. The fourth-order valence-electron chi connectivity index (χ4n) is 15.1. The summed E-state index contributed by atoms with van der Waals surface area (Å²) in [7, 11) is 0. The molecule has 2 saturated heterocycles. The standard InChI is InChI=1S/C52H77NO15/c1-26-36(57)33(24-54)65-45(37(26)58)68-41-39(60)38(59)40(44(63)64)67-46(41)66-35-14-15-50(6)34(47(35,2)3)13-16-52(8)42(50)32(56)22-29-30-23-48(4,17-18-49(30,5)19-20-51(29,52)7)25-53-31(43(61)62)21-27-9-11-28(55)12-10-27/h9-12,22,26,30-31,33-42,45-46,53-55,57-60H,13-21,23-25H2,1-8H3,(H,61,62)(H,63,64)/t26-,30-,31-,33+,34-,35-,36-,37+,38-,39-,40-,41+,42+,45-,46-,48-,49+,50-,51+,52+/m0/s1. The molecule has 380 valence electrons. The lowest BCUT2D eigenvalue weighted by Crippen LogP contribution is -2.68. The number of hydrogen-bond acceptors (Lipinski definition) is 14. The van der Waals surface area contributed by atoms with Crippen LogP contribution in [0.3, 0.4) is 0 Å². The van der Waals surface area contributed by atoms with Crippen molar-refractivity contribution in [3.05, 3.63) is 41.5 Å². The molecule has 6 fully saturated rings. The van der Waals surface area contributed by atoms with Crippen LogP contribution in [0, 0.1) is 56.2 Å². The van der Waals surface area contributed by atoms with Crippen LogP contribution in [0.5, 0.6) is 5.75 Å².